The number of halogens is 3. The predicted octanol–water partition coefficient (Wildman–Crippen LogP) is 3.08. The van der Waals surface area contributed by atoms with Gasteiger partial charge in [0.05, 0.1) is 26.3 Å². The second-order valence-corrected chi connectivity index (χ2v) is 5.54. The predicted molar refractivity (Wildman–Crippen MR) is 85.8 cm³/mol. The number of benzene rings is 1. The van der Waals surface area contributed by atoms with E-state index in [-0.39, 0.29) is 26.3 Å². The van der Waals surface area contributed by atoms with E-state index in [0.717, 1.165) is 12.4 Å². The minimum atomic E-state index is -0.735. The molecule has 120 valence electrons. The Morgan fingerprint density at radius 2 is 1.70 bits per heavy atom. The molecule has 23 heavy (non-hydrogen) atoms. The number of esters is 1. The first-order valence-electron chi connectivity index (χ1n) is 6.17. The van der Waals surface area contributed by atoms with E-state index in [1.54, 1.807) is 0 Å². The Hall–Kier alpha value is -2.02. The molecule has 0 saturated heterocycles. The second kappa shape index (κ2) is 7.50. The molecule has 1 amide bonds. The van der Waals surface area contributed by atoms with Gasteiger partial charge in [0.15, 0.2) is 19.0 Å². The lowest BCUT2D eigenvalue weighted by molar-refractivity contribution is -0.605. The van der Waals surface area contributed by atoms with Crippen LogP contribution in [0.1, 0.15) is 10.4 Å². The van der Waals surface area contributed by atoms with Crippen molar-refractivity contribution in [2.24, 2.45) is 0 Å². The van der Waals surface area contributed by atoms with Crippen molar-refractivity contribution in [1.29, 1.82) is 0 Å². The molecule has 6 nitrogen and oxygen atoms in total. The summed E-state index contributed by atoms with van der Waals surface area (Å²) in [5, 5.41) is 14.0. The fraction of sp³-hybridized carbons (Fsp3) is 0.0714. The van der Waals surface area contributed by atoms with E-state index < -0.39 is 18.5 Å². The molecule has 0 atom stereocenters. The Balaban J connectivity index is 1.94. The lowest BCUT2D eigenvalue weighted by Gasteiger charge is -2.09. The molecule has 0 fully saturated rings. The molecular weight excluding hydrogens is 367 g/mol. The first kappa shape index (κ1) is 17.3. The van der Waals surface area contributed by atoms with Crippen molar-refractivity contribution in [3.63, 3.8) is 0 Å². The minimum Gasteiger partial charge on any atom is -0.619 e. The quantitative estimate of drug-likeness (QED) is 0.385. The van der Waals surface area contributed by atoms with Crippen molar-refractivity contribution in [3.05, 3.63) is 62.5 Å². The highest BCUT2D eigenvalue weighted by Crippen LogP contribution is 2.32. The number of amides is 1. The van der Waals surface area contributed by atoms with E-state index in [1.165, 1.54) is 24.3 Å². The maximum absolute atomic E-state index is 11.8. The van der Waals surface area contributed by atoms with Gasteiger partial charge in [0.25, 0.3) is 5.91 Å². The van der Waals surface area contributed by atoms with Crippen molar-refractivity contribution < 1.29 is 19.1 Å². The molecule has 2 aromatic rings. The van der Waals surface area contributed by atoms with E-state index >= 15 is 0 Å². The summed E-state index contributed by atoms with van der Waals surface area (Å²) in [4.78, 5) is 23.5. The normalized spacial score (nSPS) is 10.2. The molecule has 1 aromatic carbocycles. The Morgan fingerprint density at radius 1 is 1.09 bits per heavy atom. The Bertz CT molecular complexity index is 750. The number of carbonyl (C=O) groups is 2. The maximum Gasteiger partial charge on any atom is 0.339 e. The lowest BCUT2D eigenvalue weighted by Crippen LogP contribution is -2.25. The van der Waals surface area contributed by atoms with Crippen LogP contribution >= 0.6 is 34.8 Å². The Kier molecular flexibility index (Phi) is 5.65. The van der Waals surface area contributed by atoms with E-state index in [9.17, 15) is 14.8 Å². The molecule has 9 heteroatoms. The molecule has 0 unspecified atom stereocenters. The minimum absolute atomic E-state index is 0.150. The first-order valence-corrected chi connectivity index (χ1v) is 7.30. The number of aromatic nitrogens is 1. The topological polar surface area (TPSA) is 82.3 Å². The highest BCUT2D eigenvalue weighted by molar-refractivity contribution is 6.44. The average Bonchev–Trinajstić information content (AvgIpc) is 2.51. The summed E-state index contributed by atoms with van der Waals surface area (Å²) in [5.74, 6) is -1.34. The Morgan fingerprint density at radius 3 is 2.35 bits per heavy atom. The number of pyridine rings is 1. The molecule has 0 bridgehead atoms. The summed E-state index contributed by atoms with van der Waals surface area (Å²) in [6.07, 6.45) is 2.29. The van der Waals surface area contributed by atoms with Gasteiger partial charge in [0.2, 0.25) is 0 Å². The zero-order valence-corrected chi connectivity index (χ0v) is 13.7. The molecule has 0 saturated carbocycles. The smallest absolute Gasteiger partial charge is 0.339 e. The van der Waals surface area contributed by atoms with Crippen LogP contribution in [0.25, 0.3) is 0 Å². The van der Waals surface area contributed by atoms with E-state index in [0.29, 0.717) is 4.73 Å². The number of nitrogens with zero attached hydrogens (tertiary/aromatic N) is 1. The molecule has 0 radical (unpaired) electrons. The number of hydrogen-bond acceptors (Lipinski definition) is 4. The van der Waals surface area contributed by atoms with Crippen LogP contribution in [0.2, 0.25) is 15.1 Å². The van der Waals surface area contributed by atoms with Gasteiger partial charge in [0, 0.05) is 12.1 Å². The first-order chi connectivity index (χ1) is 10.9. The summed E-state index contributed by atoms with van der Waals surface area (Å²) in [6, 6.07) is 5.33. The van der Waals surface area contributed by atoms with E-state index in [2.05, 4.69) is 5.32 Å². The summed E-state index contributed by atoms with van der Waals surface area (Å²) >= 11 is 17.5. The molecule has 0 spiro atoms. The highest BCUT2D eigenvalue weighted by atomic mass is 35.5. The van der Waals surface area contributed by atoms with Gasteiger partial charge in [-0.25, -0.2) is 4.79 Å². The molecule has 1 heterocycles. The van der Waals surface area contributed by atoms with Crippen LogP contribution in [0.5, 0.6) is 0 Å². The van der Waals surface area contributed by atoms with Crippen molar-refractivity contribution in [1.82, 2.24) is 0 Å². The van der Waals surface area contributed by atoms with Crippen LogP contribution in [0.4, 0.5) is 5.69 Å². The third-order valence-corrected chi connectivity index (χ3v) is 3.69. The highest BCUT2D eigenvalue weighted by Gasteiger charge is 2.13. The van der Waals surface area contributed by atoms with Crippen molar-refractivity contribution in [3.8, 4) is 0 Å². The van der Waals surface area contributed by atoms with Crippen LogP contribution in [-0.4, -0.2) is 18.5 Å². The summed E-state index contributed by atoms with van der Waals surface area (Å²) in [6.45, 7) is -0.526. The summed E-state index contributed by atoms with van der Waals surface area (Å²) in [5.41, 5.74) is 0.395. The van der Waals surface area contributed by atoms with Gasteiger partial charge >= 0.3 is 5.97 Å². The zero-order chi connectivity index (χ0) is 17.0. The number of anilines is 1. The summed E-state index contributed by atoms with van der Waals surface area (Å²) < 4.78 is 5.35. The van der Waals surface area contributed by atoms with Gasteiger partial charge in [-0.3, -0.25) is 4.79 Å². The van der Waals surface area contributed by atoms with Crippen LogP contribution in [0.15, 0.2) is 36.7 Å². The van der Waals surface area contributed by atoms with Gasteiger partial charge in [-0.15, -0.1) is 0 Å². The monoisotopic (exact) mass is 374 g/mol. The fourth-order valence-corrected chi connectivity index (χ4v) is 2.16. The summed E-state index contributed by atoms with van der Waals surface area (Å²) in [7, 11) is 0. The van der Waals surface area contributed by atoms with Crippen LogP contribution in [0, 0.1) is 5.21 Å². The molecule has 1 aromatic heterocycles. The van der Waals surface area contributed by atoms with Crippen LogP contribution < -0.4 is 10.0 Å². The van der Waals surface area contributed by atoms with Crippen molar-refractivity contribution in [2.45, 2.75) is 0 Å². The number of ether oxygens (including phenoxy) is 1. The fourth-order valence-electron chi connectivity index (χ4n) is 1.57. The van der Waals surface area contributed by atoms with Crippen LogP contribution in [0.3, 0.4) is 0 Å². The van der Waals surface area contributed by atoms with E-state index in [1.807, 2.05) is 0 Å². The largest absolute Gasteiger partial charge is 0.619 e. The standard InChI is InChI=1S/C14H9Cl3N2O4/c15-9-5-11(17)12(6-10(9)16)18-13(20)7-23-14(21)8-1-3-19(22)4-2-8/h1-6H,7H2,(H,18,20). The van der Waals surface area contributed by atoms with Crippen LogP contribution in [-0.2, 0) is 9.53 Å². The molecule has 0 aliphatic heterocycles. The lowest BCUT2D eigenvalue weighted by atomic mass is 10.3. The molecule has 0 aliphatic rings. The van der Waals surface area contributed by atoms with Crippen molar-refractivity contribution in [2.75, 3.05) is 11.9 Å². The number of hydrogen-bond donors (Lipinski definition) is 1. The third kappa shape index (κ3) is 4.72. The van der Waals surface area contributed by atoms with E-state index in [4.69, 9.17) is 39.5 Å². The van der Waals surface area contributed by atoms with Gasteiger partial charge in [-0.1, -0.05) is 34.8 Å². The third-order valence-electron chi connectivity index (χ3n) is 2.66. The van der Waals surface area contributed by atoms with Gasteiger partial charge in [0.1, 0.15) is 0 Å². The Labute approximate surface area is 146 Å². The SMILES string of the molecule is O=C(COC(=O)c1cc[n+]([O-])cc1)Nc1cc(Cl)c(Cl)cc1Cl. The molecular formula is C14H9Cl3N2O4. The van der Waals surface area contributed by atoms with Crippen molar-refractivity contribution >= 4 is 52.4 Å². The number of carbonyl (C=O) groups excluding carboxylic acids is 2. The number of nitrogens with one attached hydrogen (secondary N) is 1. The van der Waals surface area contributed by atoms with Gasteiger partial charge in [-0.05, 0) is 12.1 Å². The molecule has 0 aliphatic carbocycles. The molecule has 1 N–H and O–H groups in total. The average molecular weight is 376 g/mol. The zero-order valence-electron chi connectivity index (χ0n) is 11.4. The second-order valence-electron chi connectivity index (χ2n) is 4.32. The van der Waals surface area contributed by atoms with Gasteiger partial charge in [-0.2, -0.15) is 4.73 Å². The maximum atomic E-state index is 11.8. The number of rotatable bonds is 4. The molecule has 2 rings (SSSR count). The van der Waals surface area contributed by atoms with Gasteiger partial charge < -0.3 is 15.3 Å².